The number of benzene rings is 1. The molecule has 3 aromatic rings. The third-order valence-electron chi connectivity index (χ3n) is 3.52. The van der Waals surface area contributed by atoms with Gasteiger partial charge in [0.1, 0.15) is 6.07 Å². The second-order valence-corrected chi connectivity index (χ2v) is 4.94. The van der Waals surface area contributed by atoms with Gasteiger partial charge in [-0.1, -0.05) is 6.07 Å². The van der Waals surface area contributed by atoms with Gasteiger partial charge in [0.2, 0.25) is 0 Å². The third kappa shape index (κ3) is 2.36. The van der Waals surface area contributed by atoms with Gasteiger partial charge in [0, 0.05) is 11.9 Å². The van der Waals surface area contributed by atoms with Crippen molar-refractivity contribution in [1.82, 2.24) is 24.8 Å². The summed E-state index contributed by atoms with van der Waals surface area (Å²) in [4.78, 5) is 12.1. The van der Waals surface area contributed by atoms with Crippen molar-refractivity contribution < 1.29 is 9.53 Å². The van der Waals surface area contributed by atoms with E-state index in [4.69, 9.17) is 10.5 Å². The van der Waals surface area contributed by atoms with E-state index in [2.05, 4.69) is 15.5 Å². The van der Waals surface area contributed by atoms with E-state index in [9.17, 15) is 10.1 Å². The molecule has 0 unspecified atom stereocenters. The lowest BCUT2D eigenvalue weighted by molar-refractivity contribution is 0.0593. The zero-order valence-electron chi connectivity index (χ0n) is 13.0. The van der Waals surface area contributed by atoms with Crippen LogP contribution in [0.3, 0.4) is 0 Å². The van der Waals surface area contributed by atoms with Crippen molar-refractivity contribution in [3.05, 3.63) is 47.5 Å². The molecule has 0 bridgehead atoms. The molecule has 24 heavy (non-hydrogen) atoms. The third-order valence-corrected chi connectivity index (χ3v) is 3.52. The normalized spacial score (nSPS) is 10.4. The van der Waals surface area contributed by atoms with Crippen molar-refractivity contribution in [2.45, 2.75) is 6.92 Å². The Kier molecular flexibility index (Phi) is 3.71. The number of carbonyl (C=O) groups is 1. The first-order valence-corrected chi connectivity index (χ1v) is 6.92. The average Bonchev–Trinajstić information content (AvgIpc) is 3.17. The molecule has 0 fully saturated rings. The van der Waals surface area contributed by atoms with Crippen LogP contribution in [0.4, 0.5) is 5.69 Å². The Morgan fingerprint density at radius 2 is 2.12 bits per heavy atom. The lowest BCUT2D eigenvalue weighted by Crippen LogP contribution is -2.11. The molecule has 0 radical (unpaired) electrons. The number of nitrogen functional groups attached to an aromatic ring is 1. The quantitative estimate of drug-likeness (QED) is 0.713. The SMILES string of the molecule is COC(=O)c1c(N)c(C#N)cn1-c1cccc(-n2nnnc2C)c1. The van der Waals surface area contributed by atoms with Gasteiger partial charge in [-0.25, -0.2) is 4.79 Å². The molecule has 2 N–H and O–H groups in total. The topological polar surface area (TPSA) is 125 Å². The Labute approximate surface area is 136 Å². The van der Waals surface area contributed by atoms with E-state index in [1.165, 1.54) is 17.9 Å². The minimum absolute atomic E-state index is 0.0772. The molecule has 0 spiro atoms. The van der Waals surface area contributed by atoms with Crippen LogP contribution in [0.15, 0.2) is 30.5 Å². The largest absolute Gasteiger partial charge is 0.464 e. The average molecular weight is 323 g/mol. The number of hydrogen-bond acceptors (Lipinski definition) is 7. The van der Waals surface area contributed by atoms with Crippen molar-refractivity contribution in [3.8, 4) is 17.4 Å². The van der Waals surface area contributed by atoms with Crippen LogP contribution in [-0.2, 0) is 4.74 Å². The summed E-state index contributed by atoms with van der Waals surface area (Å²) in [5, 5.41) is 20.5. The van der Waals surface area contributed by atoms with Crippen LogP contribution in [0.5, 0.6) is 0 Å². The number of tetrazole rings is 1. The number of hydrogen-bond donors (Lipinski definition) is 1. The summed E-state index contributed by atoms with van der Waals surface area (Å²) in [5.74, 6) is -0.0110. The van der Waals surface area contributed by atoms with Gasteiger partial charge in [-0.15, -0.1) is 5.10 Å². The molecule has 9 heteroatoms. The van der Waals surface area contributed by atoms with Crippen LogP contribution >= 0.6 is 0 Å². The number of nitrogens with two attached hydrogens (primary N) is 1. The Bertz CT molecular complexity index is 965. The highest BCUT2D eigenvalue weighted by atomic mass is 16.5. The first kappa shape index (κ1) is 15.2. The number of aryl methyl sites for hydroxylation is 1. The molecule has 0 amide bonds. The predicted octanol–water partition coefficient (Wildman–Crippen LogP) is 1.00. The van der Waals surface area contributed by atoms with E-state index in [0.29, 0.717) is 17.2 Å². The lowest BCUT2D eigenvalue weighted by Gasteiger charge is -2.10. The Balaban J connectivity index is 2.19. The van der Waals surface area contributed by atoms with Gasteiger partial charge in [-0.05, 0) is 35.5 Å². The smallest absolute Gasteiger partial charge is 0.357 e. The van der Waals surface area contributed by atoms with E-state index in [1.807, 2.05) is 12.1 Å². The van der Waals surface area contributed by atoms with E-state index in [1.54, 1.807) is 29.8 Å². The molecule has 0 aliphatic rings. The number of rotatable bonds is 3. The van der Waals surface area contributed by atoms with Crippen molar-refractivity contribution in [1.29, 1.82) is 5.26 Å². The number of ether oxygens (including phenoxy) is 1. The van der Waals surface area contributed by atoms with Crippen molar-refractivity contribution in [2.24, 2.45) is 0 Å². The number of nitriles is 1. The fourth-order valence-corrected chi connectivity index (χ4v) is 2.36. The fraction of sp³-hybridized carbons (Fsp3) is 0.133. The number of nitrogens with zero attached hydrogens (tertiary/aromatic N) is 6. The van der Waals surface area contributed by atoms with E-state index in [0.717, 1.165) is 0 Å². The van der Waals surface area contributed by atoms with E-state index >= 15 is 0 Å². The number of aromatic nitrogens is 5. The van der Waals surface area contributed by atoms with Gasteiger partial charge in [0.15, 0.2) is 11.5 Å². The van der Waals surface area contributed by atoms with Gasteiger partial charge in [0.05, 0.1) is 24.0 Å². The molecular weight excluding hydrogens is 310 g/mol. The molecular formula is C15H13N7O2. The summed E-state index contributed by atoms with van der Waals surface area (Å²) in [6.07, 6.45) is 1.49. The number of esters is 1. The van der Waals surface area contributed by atoms with Crippen molar-refractivity contribution >= 4 is 11.7 Å². The predicted molar refractivity (Wildman–Crippen MR) is 83.7 cm³/mol. The molecule has 0 atom stereocenters. The van der Waals surface area contributed by atoms with Crippen LogP contribution in [0.25, 0.3) is 11.4 Å². The van der Waals surface area contributed by atoms with Crippen LogP contribution in [0.2, 0.25) is 0 Å². The van der Waals surface area contributed by atoms with Gasteiger partial charge in [-0.3, -0.25) is 0 Å². The van der Waals surface area contributed by atoms with E-state index < -0.39 is 5.97 Å². The molecule has 120 valence electrons. The van der Waals surface area contributed by atoms with Gasteiger partial charge < -0.3 is 15.0 Å². The minimum Gasteiger partial charge on any atom is -0.464 e. The molecule has 0 saturated carbocycles. The van der Waals surface area contributed by atoms with Crippen LogP contribution in [-0.4, -0.2) is 37.9 Å². The van der Waals surface area contributed by atoms with Crippen LogP contribution in [0.1, 0.15) is 21.9 Å². The molecule has 0 aliphatic carbocycles. The first-order valence-electron chi connectivity index (χ1n) is 6.92. The molecule has 2 heterocycles. The summed E-state index contributed by atoms with van der Waals surface area (Å²) in [6.45, 7) is 1.77. The summed E-state index contributed by atoms with van der Waals surface area (Å²) in [7, 11) is 1.26. The Hall–Kier alpha value is -3.67. The number of anilines is 1. The summed E-state index contributed by atoms with van der Waals surface area (Å²) < 4.78 is 7.84. The van der Waals surface area contributed by atoms with Crippen molar-refractivity contribution in [3.63, 3.8) is 0 Å². The highest BCUT2D eigenvalue weighted by molar-refractivity contribution is 5.96. The second kappa shape index (κ2) is 5.85. The molecule has 3 rings (SSSR count). The number of methoxy groups -OCH3 is 1. The molecule has 0 aliphatic heterocycles. The van der Waals surface area contributed by atoms with Gasteiger partial charge in [-0.2, -0.15) is 9.94 Å². The maximum atomic E-state index is 12.1. The highest BCUT2D eigenvalue weighted by Gasteiger charge is 2.21. The fourth-order valence-electron chi connectivity index (χ4n) is 2.36. The maximum Gasteiger partial charge on any atom is 0.357 e. The molecule has 2 aromatic heterocycles. The van der Waals surface area contributed by atoms with Crippen LogP contribution < -0.4 is 5.73 Å². The summed E-state index contributed by atoms with van der Waals surface area (Å²) in [6, 6.07) is 9.12. The highest BCUT2D eigenvalue weighted by Crippen LogP contribution is 2.25. The summed E-state index contributed by atoms with van der Waals surface area (Å²) in [5.41, 5.74) is 7.60. The standard InChI is InChI=1S/C15H13N7O2/c1-9-18-19-20-22(9)12-5-3-4-11(6-12)21-8-10(7-16)13(17)14(21)15(23)24-2/h3-6,8H,17H2,1-2H3. The second-order valence-electron chi connectivity index (χ2n) is 4.94. The number of carbonyl (C=O) groups excluding carboxylic acids is 1. The molecule has 1 aromatic carbocycles. The first-order chi connectivity index (χ1) is 11.6. The lowest BCUT2D eigenvalue weighted by atomic mass is 10.2. The minimum atomic E-state index is -0.627. The maximum absolute atomic E-state index is 12.1. The van der Waals surface area contributed by atoms with E-state index in [-0.39, 0.29) is 16.9 Å². The molecule has 9 nitrogen and oxygen atoms in total. The molecule has 0 saturated heterocycles. The zero-order chi connectivity index (χ0) is 17.3. The van der Waals surface area contributed by atoms with Gasteiger partial charge >= 0.3 is 5.97 Å². The van der Waals surface area contributed by atoms with Crippen molar-refractivity contribution in [2.75, 3.05) is 12.8 Å². The monoisotopic (exact) mass is 323 g/mol. The van der Waals surface area contributed by atoms with Gasteiger partial charge in [0.25, 0.3) is 0 Å². The summed E-state index contributed by atoms with van der Waals surface area (Å²) >= 11 is 0. The zero-order valence-corrected chi connectivity index (χ0v) is 13.0. The Morgan fingerprint density at radius 3 is 2.75 bits per heavy atom. The van der Waals surface area contributed by atoms with Crippen LogP contribution in [0, 0.1) is 18.3 Å². The Morgan fingerprint density at radius 1 is 1.38 bits per heavy atom.